The Labute approximate surface area is 233 Å². The van der Waals surface area contributed by atoms with E-state index in [-0.39, 0.29) is 11.5 Å². The summed E-state index contributed by atoms with van der Waals surface area (Å²) in [6.45, 7) is 6.80. The molecule has 38 heavy (non-hydrogen) atoms. The fraction of sp³-hybridized carbons (Fsp3) is 0.207. The van der Waals surface area contributed by atoms with Crippen LogP contribution in [0, 0.1) is 0 Å². The Morgan fingerprint density at radius 1 is 1.08 bits per heavy atom. The first-order chi connectivity index (χ1) is 18.3. The van der Waals surface area contributed by atoms with E-state index < -0.39 is 6.04 Å². The lowest BCUT2D eigenvalue weighted by atomic mass is 9.94. The monoisotopic (exact) mass is 565 g/mol. The highest BCUT2D eigenvalue weighted by Crippen LogP contribution is 2.32. The molecule has 1 amide bonds. The second-order valence-electron chi connectivity index (χ2n) is 8.82. The summed E-state index contributed by atoms with van der Waals surface area (Å²) in [5.41, 5.74) is 2.46. The van der Waals surface area contributed by atoms with E-state index in [0.29, 0.717) is 55.3 Å². The molecular formula is C29H25Cl2N3O3S. The second-order valence-corrected chi connectivity index (χ2v) is 10.7. The molecule has 0 spiro atoms. The maximum absolute atomic E-state index is 13.8. The largest absolute Gasteiger partial charge is 0.457 e. The van der Waals surface area contributed by atoms with Crippen molar-refractivity contribution < 1.29 is 9.21 Å². The number of halogens is 2. The summed E-state index contributed by atoms with van der Waals surface area (Å²) in [6.07, 6.45) is 1.71. The zero-order chi connectivity index (χ0) is 27.0. The van der Waals surface area contributed by atoms with E-state index in [0.717, 1.165) is 11.1 Å². The zero-order valence-electron chi connectivity index (χ0n) is 21.1. The molecule has 0 saturated carbocycles. The first-order valence-corrected chi connectivity index (χ1v) is 13.8. The number of hydrogen-bond donors (Lipinski definition) is 0. The molecule has 0 radical (unpaired) electrons. The Morgan fingerprint density at radius 3 is 2.50 bits per heavy atom. The van der Waals surface area contributed by atoms with Gasteiger partial charge in [-0.15, -0.1) is 0 Å². The number of rotatable bonds is 6. The van der Waals surface area contributed by atoms with Crippen LogP contribution in [0.4, 0.5) is 0 Å². The van der Waals surface area contributed by atoms with Crippen LogP contribution in [0.15, 0.2) is 86.1 Å². The Bertz CT molecular complexity index is 1730. The van der Waals surface area contributed by atoms with E-state index in [1.807, 2.05) is 63.2 Å². The van der Waals surface area contributed by atoms with E-state index in [4.69, 9.17) is 32.6 Å². The molecule has 0 fully saturated rings. The summed E-state index contributed by atoms with van der Waals surface area (Å²) in [7, 11) is 0. The molecule has 3 heterocycles. The lowest BCUT2D eigenvalue weighted by molar-refractivity contribution is -0.127. The summed E-state index contributed by atoms with van der Waals surface area (Å²) >= 11 is 13.6. The SMILES string of the molecule is CCN(CC)C(=O)C1=C(C)N=c2s/c(=C/c3ccc(-c4cccc(Cl)c4)o3)c(=O)n2[C@@H]1c1ccc(Cl)cc1. The number of aromatic nitrogens is 1. The smallest absolute Gasteiger partial charge is 0.271 e. The number of fused-ring (bicyclic) bond motifs is 1. The van der Waals surface area contributed by atoms with Crippen molar-refractivity contribution in [2.45, 2.75) is 26.8 Å². The van der Waals surface area contributed by atoms with Crippen molar-refractivity contribution in [3.8, 4) is 11.3 Å². The third-order valence-corrected chi connectivity index (χ3v) is 7.97. The predicted octanol–water partition coefficient (Wildman–Crippen LogP) is 5.67. The van der Waals surface area contributed by atoms with Gasteiger partial charge in [-0.1, -0.05) is 58.8 Å². The number of furan rings is 1. The van der Waals surface area contributed by atoms with Crippen LogP contribution in [0.3, 0.4) is 0 Å². The zero-order valence-corrected chi connectivity index (χ0v) is 23.4. The van der Waals surface area contributed by atoms with Crippen molar-refractivity contribution >= 4 is 46.5 Å². The van der Waals surface area contributed by atoms with Crippen LogP contribution in [-0.2, 0) is 4.79 Å². The van der Waals surface area contributed by atoms with Crippen molar-refractivity contribution in [1.29, 1.82) is 0 Å². The van der Waals surface area contributed by atoms with Gasteiger partial charge in [0, 0.05) is 34.8 Å². The predicted molar refractivity (Wildman–Crippen MR) is 152 cm³/mol. The summed E-state index contributed by atoms with van der Waals surface area (Å²) in [5.74, 6) is 1.04. The van der Waals surface area contributed by atoms with Crippen LogP contribution in [0.5, 0.6) is 0 Å². The standard InChI is InChI=1S/C29H25Cl2N3O3S/c1-4-33(5-2)28(36)25-17(3)32-29-34(26(25)18-9-11-20(30)12-10-18)27(35)24(38-29)16-22-13-14-23(37-22)19-7-6-8-21(31)15-19/h6-16,26H,4-5H2,1-3H3/b24-16+/t26-/m1/s1. The van der Waals surface area contributed by atoms with Gasteiger partial charge >= 0.3 is 0 Å². The highest BCUT2D eigenvalue weighted by Gasteiger charge is 2.34. The van der Waals surface area contributed by atoms with Crippen molar-refractivity contribution in [3.05, 3.63) is 113 Å². The quantitative estimate of drug-likeness (QED) is 0.302. The molecule has 2 aromatic heterocycles. The number of hydrogen-bond acceptors (Lipinski definition) is 5. The molecule has 0 N–H and O–H groups in total. The van der Waals surface area contributed by atoms with E-state index >= 15 is 0 Å². The topological polar surface area (TPSA) is 67.8 Å². The summed E-state index contributed by atoms with van der Waals surface area (Å²) in [6, 6.07) is 17.6. The Hall–Kier alpha value is -3.39. The average molecular weight is 567 g/mol. The number of benzene rings is 2. The fourth-order valence-electron chi connectivity index (χ4n) is 4.59. The molecule has 1 atom stereocenters. The third kappa shape index (κ3) is 4.89. The molecule has 5 rings (SSSR count). The number of nitrogens with zero attached hydrogens (tertiary/aromatic N) is 3. The molecule has 0 aliphatic carbocycles. The fourth-order valence-corrected chi connectivity index (χ4v) is 5.94. The normalized spacial score (nSPS) is 15.4. The van der Waals surface area contributed by atoms with Crippen LogP contribution in [0.2, 0.25) is 10.0 Å². The molecule has 2 aromatic carbocycles. The van der Waals surface area contributed by atoms with E-state index in [1.165, 1.54) is 11.3 Å². The summed E-state index contributed by atoms with van der Waals surface area (Å²) in [4.78, 5) is 34.4. The Morgan fingerprint density at radius 2 is 1.82 bits per heavy atom. The number of allylic oxidation sites excluding steroid dienone is 1. The lowest BCUT2D eigenvalue weighted by Crippen LogP contribution is -2.43. The minimum atomic E-state index is -0.627. The number of likely N-dealkylation sites (N-methyl/N-ethyl adjacent to an activating group) is 1. The van der Waals surface area contributed by atoms with Crippen molar-refractivity contribution in [2.24, 2.45) is 4.99 Å². The van der Waals surface area contributed by atoms with Gasteiger partial charge in [0.1, 0.15) is 11.5 Å². The molecule has 0 unspecified atom stereocenters. The first kappa shape index (κ1) is 26.2. The first-order valence-electron chi connectivity index (χ1n) is 12.2. The van der Waals surface area contributed by atoms with Gasteiger partial charge < -0.3 is 9.32 Å². The summed E-state index contributed by atoms with van der Waals surface area (Å²) in [5, 5.41) is 1.19. The number of amides is 1. The van der Waals surface area contributed by atoms with Gasteiger partial charge in [0.15, 0.2) is 4.80 Å². The van der Waals surface area contributed by atoms with Crippen LogP contribution < -0.4 is 14.9 Å². The van der Waals surface area contributed by atoms with E-state index in [9.17, 15) is 9.59 Å². The van der Waals surface area contributed by atoms with E-state index in [2.05, 4.69) is 0 Å². The minimum absolute atomic E-state index is 0.136. The molecular weight excluding hydrogens is 541 g/mol. The lowest BCUT2D eigenvalue weighted by Gasteiger charge is -2.29. The number of thiazole rings is 1. The molecule has 4 aromatic rings. The molecule has 0 bridgehead atoms. The van der Waals surface area contributed by atoms with Crippen molar-refractivity contribution in [1.82, 2.24) is 9.47 Å². The Kier molecular flexibility index (Phi) is 7.43. The van der Waals surface area contributed by atoms with Crippen LogP contribution in [-0.4, -0.2) is 28.5 Å². The van der Waals surface area contributed by atoms with E-state index in [1.54, 1.807) is 33.7 Å². The molecule has 1 aliphatic rings. The van der Waals surface area contributed by atoms with Crippen LogP contribution >= 0.6 is 34.5 Å². The van der Waals surface area contributed by atoms with Gasteiger partial charge in [0.2, 0.25) is 0 Å². The molecule has 1 aliphatic heterocycles. The van der Waals surface area contributed by atoms with Gasteiger partial charge in [0.05, 0.1) is 21.8 Å². The van der Waals surface area contributed by atoms with Gasteiger partial charge in [-0.25, -0.2) is 4.99 Å². The number of carbonyl (C=O) groups is 1. The van der Waals surface area contributed by atoms with Gasteiger partial charge in [-0.2, -0.15) is 0 Å². The van der Waals surface area contributed by atoms with Crippen LogP contribution in [0.25, 0.3) is 17.4 Å². The molecule has 9 heteroatoms. The molecule has 0 saturated heterocycles. The minimum Gasteiger partial charge on any atom is -0.457 e. The maximum atomic E-state index is 13.8. The third-order valence-electron chi connectivity index (χ3n) is 6.50. The van der Waals surface area contributed by atoms with Gasteiger partial charge in [0.25, 0.3) is 11.5 Å². The highest BCUT2D eigenvalue weighted by atomic mass is 35.5. The maximum Gasteiger partial charge on any atom is 0.271 e. The van der Waals surface area contributed by atoms with Crippen LogP contribution in [0.1, 0.15) is 38.1 Å². The molecule has 6 nitrogen and oxygen atoms in total. The molecule has 194 valence electrons. The number of carbonyl (C=O) groups excluding carboxylic acids is 1. The van der Waals surface area contributed by atoms with Gasteiger partial charge in [-0.3, -0.25) is 14.2 Å². The second kappa shape index (κ2) is 10.8. The Balaban J connectivity index is 1.65. The summed E-state index contributed by atoms with van der Waals surface area (Å²) < 4.78 is 8.07. The average Bonchev–Trinajstić information content (AvgIpc) is 3.49. The highest BCUT2D eigenvalue weighted by molar-refractivity contribution is 7.07. The van der Waals surface area contributed by atoms with Crippen molar-refractivity contribution in [2.75, 3.05) is 13.1 Å². The van der Waals surface area contributed by atoms with Crippen molar-refractivity contribution in [3.63, 3.8) is 0 Å². The van der Waals surface area contributed by atoms with Gasteiger partial charge in [-0.05, 0) is 62.7 Å².